The first-order chi connectivity index (χ1) is 13.9. The highest BCUT2D eigenvalue weighted by Gasteiger charge is 2.35. The second kappa shape index (κ2) is 8.84. The Hall–Kier alpha value is -1.03. The van der Waals surface area contributed by atoms with E-state index in [0.717, 1.165) is 25.3 Å². The normalized spacial score (nSPS) is 20.8. The first kappa shape index (κ1) is 23.6. The molecule has 0 aromatic heterocycles. The quantitative estimate of drug-likeness (QED) is 0.545. The molecule has 0 saturated carbocycles. The number of nitrogens with one attached hydrogen (secondary N) is 1. The van der Waals surface area contributed by atoms with E-state index in [9.17, 15) is 16.8 Å². The molecule has 2 aromatic rings. The molecule has 1 heterocycles. The highest BCUT2D eigenvalue weighted by Crippen LogP contribution is 2.33. The van der Waals surface area contributed by atoms with Gasteiger partial charge in [-0.05, 0) is 63.1 Å². The van der Waals surface area contributed by atoms with E-state index < -0.39 is 20.0 Å². The summed E-state index contributed by atoms with van der Waals surface area (Å²) in [5.74, 6) is 0. The van der Waals surface area contributed by atoms with Crippen LogP contribution in [0.1, 0.15) is 33.1 Å². The number of sulfonamides is 2. The zero-order valence-electron chi connectivity index (χ0n) is 16.3. The SMILES string of the molecule is CC1CCCC(C)N1S(=O)(=O)c1ccc(NS(=O)(=O)c2cc(Cl)c(Cl)cc2Cl)cc1. The standard InChI is InChI=1S/C19H21Cl3N2O4S2/c1-12-4-3-5-13(2)24(12)30(27,28)15-8-6-14(7-9-15)23-29(25,26)19-11-17(21)16(20)10-18(19)22/h6-13,23H,3-5H2,1-2H3. The number of hydrogen-bond donors (Lipinski definition) is 1. The topological polar surface area (TPSA) is 83.6 Å². The maximum atomic E-state index is 13.1. The highest BCUT2D eigenvalue weighted by atomic mass is 35.5. The van der Waals surface area contributed by atoms with Crippen molar-refractivity contribution in [1.82, 2.24) is 4.31 Å². The van der Waals surface area contributed by atoms with Crippen LogP contribution in [0.15, 0.2) is 46.2 Å². The van der Waals surface area contributed by atoms with Gasteiger partial charge < -0.3 is 0 Å². The van der Waals surface area contributed by atoms with Crippen molar-refractivity contribution < 1.29 is 16.8 Å². The van der Waals surface area contributed by atoms with E-state index in [2.05, 4.69) is 4.72 Å². The molecule has 1 saturated heterocycles. The Morgan fingerprint density at radius 2 is 1.40 bits per heavy atom. The zero-order valence-corrected chi connectivity index (χ0v) is 20.2. The lowest BCUT2D eigenvalue weighted by atomic mass is 10.0. The van der Waals surface area contributed by atoms with Crippen molar-refractivity contribution in [2.24, 2.45) is 0 Å². The Bertz CT molecular complexity index is 1140. The first-order valence-corrected chi connectivity index (χ1v) is 13.3. The van der Waals surface area contributed by atoms with Gasteiger partial charge in [0.25, 0.3) is 10.0 Å². The number of halogens is 3. The van der Waals surface area contributed by atoms with Crippen molar-refractivity contribution in [3.05, 3.63) is 51.5 Å². The molecule has 0 aliphatic carbocycles. The average Bonchev–Trinajstić information content (AvgIpc) is 2.64. The number of nitrogens with zero attached hydrogens (tertiary/aromatic N) is 1. The molecule has 2 aromatic carbocycles. The molecular formula is C19H21Cl3N2O4S2. The van der Waals surface area contributed by atoms with Crippen molar-refractivity contribution in [3.8, 4) is 0 Å². The molecule has 2 unspecified atom stereocenters. The zero-order chi connectivity index (χ0) is 22.3. The molecule has 0 radical (unpaired) electrons. The highest BCUT2D eigenvalue weighted by molar-refractivity contribution is 7.92. The van der Waals surface area contributed by atoms with Crippen LogP contribution in [-0.4, -0.2) is 33.2 Å². The molecule has 1 aliphatic rings. The van der Waals surface area contributed by atoms with Gasteiger partial charge in [0.2, 0.25) is 10.0 Å². The van der Waals surface area contributed by atoms with Crippen LogP contribution in [0.4, 0.5) is 5.69 Å². The summed E-state index contributed by atoms with van der Waals surface area (Å²) in [5.41, 5.74) is 0.191. The van der Waals surface area contributed by atoms with Crippen LogP contribution in [-0.2, 0) is 20.0 Å². The lowest BCUT2D eigenvalue weighted by Gasteiger charge is -2.37. The van der Waals surface area contributed by atoms with E-state index in [1.165, 1.54) is 34.6 Å². The molecule has 1 aliphatic heterocycles. The first-order valence-electron chi connectivity index (χ1n) is 9.24. The maximum Gasteiger partial charge on any atom is 0.263 e. The largest absolute Gasteiger partial charge is 0.280 e. The van der Waals surface area contributed by atoms with Gasteiger partial charge >= 0.3 is 0 Å². The van der Waals surface area contributed by atoms with Crippen molar-refractivity contribution in [3.63, 3.8) is 0 Å². The predicted molar refractivity (Wildman–Crippen MR) is 121 cm³/mol. The van der Waals surface area contributed by atoms with Crippen LogP contribution in [0.2, 0.25) is 15.1 Å². The van der Waals surface area contributed by atoms with Gasteiger partial charge in [-0.2, -0.15) is 4.31 Å². The minimum absolute atomic E-state index is 0.0488. The monoisotopic (exact) mass is 510 g/mol. The van der Waals surface area contributed by atoms with Gasteiger partial charge in [0.1, 0.15) is 4.90 Å². The Labute approximate surface area is 192 Å². The summed E-state index contributed by atoms with van der Waals surface area (Å²) in [6.45, 7) is 3.80. The smallest absolute Gasteiger partial charge is 0.263 e. The van der Waals surface area contributed by atoms with Gasteiger partial charge in [0.15, 0.2) is 0 Å². The van der Waals surface area contributed by atoms with Crippen molar-refractivity contribution in [2.45, 2.75) is 55.0 Å². The summed E-state index contributed by atoms with van der Waals surface area (Å²) in [6, 6.07) is 7.80. The summed E-state index contributed by atoms with van der Waals surface area (Å²) >= 11 is 17.8. The van der Waals surface area contributed by atoms with Crippen LogP contribution in [0.25, 0.3) is 0 Å². The Morgan fingerprint density at radius 1 is 0.867 bits per heavy atom. The Morgan fingerprint density at radius 3 is 1.97 bits per heavy atom. The molecule has 0 spiro atoms. The molecular weight excluding hydrogens is 491 g/mol. The van der Waals surface area contributed by atoms with Crippen LogP contribution >= 0.6 is 34.8 Å². The number of piperidine rings is 1. The molecule has 2 atom stereocenters. The van der Waals surface area contributed by atoms with E-state index in [0.29, 0.717) is 0 Å². The van der Waals surface area contributed by atoms with Crippen LogP contribution in [0, 0.1) is 0 Å². The van der Waals surface area contributed by atoms with Crippen molar-refractivity contribution in [2.75, 3.05) is 4.72 Å². The molecule has 6 nitrogen and oxygen atoms in total. The van der Waals surface area contributed by atoms with Gasteiger partial charge in [0, 0.05) is 17.8 Å². The average molecular weight is 512 g/mol. The molecule has 30 heavy (non-hydrogen) atoms. The van der Waals surface area contributed by atoms with Crippen molar-refractivity contribution >= 4 is 60.5 Å². The second-order valence-electron chi connectivity index (χ2n) is 7.29. The maximum absolute atomic E-state index is 13.1. The second-order valence-corrected chi connectivity index (χ2v) is 12.0. The Balaban J connectivity index is 1.86. The lowest BCUT2D eigenvalue weighted by Crippen LogP contribution is -2.47. The van der Waals surface area contributed by atoms with Crippen LogP contribution in [0.3, 0.4) is 0 Å². The van der Waals surface area contributed by atoms with Gasteiger partial charge in [-0.3, -0.25) is 4.72 Å². The summed E-state index contributed by atoms with van der Waals surface area (Å²) in [6.07, 6.45) is 2.62. The number of hydrogen-bond acceptors (Lipinski definition) is 4. The fourth-order valence-corrected chi connectivity index (χ4v) is 7.55. The molecule has 164 valence electrons. The van der Waals surface area contributed by atoms with E-state index in [1.54, 1.807) is 0 Å². The number of rotatable bonds is 5. The number of benzene rings is 2. The summed E-state index contributed by atoms with van der Waals surface area (Å²) in [4.78, 5) is -0.121. The minimum atomic E-state index is -4.05. The molecule has 0 bridgehead atoms. The van der Waals surface area contributed by atoms with Gasteiger partial charge in [-0.25, -0.2) is 16.8 Å². The molecule has 1 N–H and O–H groups in total. The Kier molecular flexibility index (Phi) is 6.96. The summed E-state index contributed by atoms with van der Waals surface area (Å²) in [5, 5.41) is 0.105. The fraction of sp³-hybridized carbons (Fsp3) is 0.368. The van der Waals surface area contributed by atoms with Crippen LogP contribution < -0.4 is 4.72 Å². The van der Waals surface area contributed by atoms with E-state index in [4.69, 9.17) is 34.8 Å². The van der Waals surface area contributed by atoms with Gasteiger partial charge in [-0.15, -0.1) is 0 Å². The minimum Gasteiger partial charge on any atom is -0.280 e. The molecule has 11 heteroatoms. The fourth-order valence-electron chi connectivity index (χ4n) is 3.61. The number of anilines is 1. The van der Waals surface area contributed by atoms with Gasteiger partial charge in [0.05, 0.1) is 20.0 Å². The summed E-state index contributed by atoms with van der Waals surface area (Å²) < 4.78 is 55.4. The lowest BCUT2D eigenvalue weighted by molar-refractivity contribution is 0.204. The van der Waals surface area contributed by atoms with Crippen molar-refractivity contribution in [1.29, 1.82) is 0 Å². The molecule has 3 rings (SSSR count). The van der Waals surface area contributed by atoms with E-state index in [-0.39, 0.29) is 42.6 Å². The third kappa shape index (κ3) is 4.74. The van der Waals surface area contributed by atoms with E-state index in [1.807, 2.05) is 13.8 Å². The van der Waals surface area contributed by atoms with Crippen LogP contribution in [0.5, 0.6) is 0 Å². The third-order valence-corrected chi connectivity index (χ3v) is 9.77. The van der Waals surface area contributed by atoms with E-state index >= 15 is 0 Å². The third-order valence-electron chi connectivity index (χ3n) is 5.06. The van der Waals surface area contributed by atoms with Gasteiger partial charge in [-0.1, -0.05) is 41.2 Å². The predicted octanol–water partition coefficient (Wildman–Crippen LogP) is 5.40. The molecule has 0 amide bonds. The molecule has 1 fully saturated rings. The summed E-state index contributed by atoms with van der Waals surface area (Å²) in [7, 11) is -7.74.